The van der Waals surface area contributed by atoms with Gasteiger partial charge in [0.1, 0.15) is 6.10 Å². The minimum atomic E-state index is -2.59. The van der Waals surface area contributed by atoms with E-state index < -0.39 is 18.9 Å². The summed E-state index contributed by atoms with van der Waals surface area (Å²) in [5.41, 5.74) is -0.198. The molecule has 2 rings (SSSR count). The van der Waals surface area contributed by atoms with Crippen molar-refractivity contribution in [3.8, 4) is 0 Å². The molecule has 1 aliphatic carbocycles. The van der Waals surface area contributed by atoms with E-state index in [0.717, 1.165) is 12.8 Å². The molecule has 0 bridgehead atoms. The lowest BCUT2D eigenvalue weighted by molar-refractivity contribution is 0.0463. The highest BCUT2D eigenvalue weighted by Gasteiger charge is 2.27. The molecule has 1 saturated carbocycles. The minimum Gasteiger partial charge on any atom is -0.458 e. The maximum absolute atomic E-state index is 11.5. The zero-order chi connectivity index (χ0) is 14.0. The number of nitrogens with zero attached hydrogens (tertiary/aromatic N) is 2. The Kier molecular flexibility index (Phi) is 1.95. The molecule has 84 valence electrons. The maximum atomic E-state index is 11.5. The minimum absolute atomic E-state index is 0.0164. The van der Waals surface area contributed by atoms with Crippen LogP contribution in [0.15, 0.2) is 12.1 Å². The third kappa shape index (κ3) is 2.33. The van der Waals surface area contributed by atoms with Crippen LogP contribution in [0.5, 0.6) is 0 Å². The van der Waals surface area contributed by atoms with Crippen LogP contribution in [0, 0.1) is 0 Å². The number of hydrogen-bond donors (Lipinski definition) is 1. The van der Waals surface area contributed by atoms with Gasteiger partial charge in [0.15, 0.2) is 11.4 Å². The lowest BCUT2D eigenvalue weighted by Crippen LogP contribution is -2.20. The van der Waals surface area contributed by atoms with Gasteiger partial charge in [0, 0.05) is 11.1 Å². The van der Waals surface area contributed by atoms with E-state index in [1.54, 1.807) is 5.32 Å². The number of hydrogen-bond acceptors (Lipinski definition) is 5. The van der Waals surface area contributed by atoms with Crippen molar-refractivity contribution in [3.05, 3.63) is 23.5 Å². The fraction of sp³-hybridized carbons (Fsp3) is 0.400. The quantitative estimate of drug-likeness (QED) is 0.739. The van der Waals surface area contributed by atoms with Gasteiger partial charge in [0.25, 0.3) is 5.91 Å². The first-order chi connectivity index (χ1) is 8.85. The Bertz CT molecular complexity index is 497. The molecule has 1 amide bonds. The number of carbonyl (C=O) groups excluding carboxylic acids is 2. The summed E-state index contributed by atoms with van der Waals surface area (Å²) in [6.07, 6.45) is 1.64. The summed E-state index contributed by atoms with van der Waals surface area (Å²) in [6, 6.07) is 2.49. The summed E-state index contributed by atoms with van der Waals surface area (Å²) in [4.78, 5) is 22.9. The van der Waals surface area contributed by atoms with Crippen LogP contribution in [0.3, 0.4) is 0 Å². The van der Waals surface area contributed by atoms with E-state index in [1.165, 1.54) is 12.1 Å². The zero-order valence-electron chi connectivity index (χ0n) is 11.3. The van der Waals surface area contributed by atoms with E-state index >= 15 is 0 Å². The molecule has 1 fully saturated rings. The van der Waals surface area contributed by atoms with Crippen LogP contribution in [0.1, 0.15) is 37.9 Å². The highest BCUT2D eigenvalue weighted by atomic mass is 16.5. The fourth-order valence-corrected chi connectivity index (χ4v) is 1.02. The second kappa shape index (κ2) is 4.26. The van der Waals surface area contributed by atoms with Gasteiger partial charge in [-0.25, -0.2) is 4.79 Å². The van der Waals surface area contributed by atoms with Gasteiger partial charge >= 0.3 is 5.97 Å². The summed E-state index contributed by atoms with van der Waals surface area (Å²) in [5.74, 6) is -1.48. The van der Waals surface area contributed by atoms with Crippen molar-refractivity contribution in [3.63, 3.8) is 0 Å². The van der Waals surface area contributed by atoms with Crippen LogP contribution in [0.4, 0.5) is 0 Å². The van der Waals surface area contributed by atoms with Crippen molar-refractivity contribution in [2.75, 3.05) is 6.98 Å². The number of aromatic nitrogens is 2. The molecule has 0 radical (unpaired) electrons. The van der Waals surface area contributed by atoms with Crippen LogP contribution >= 0.6 is 0 Å². The Morgan fingerprint density at radius 2 is 2.12 bits per heavy atom. The Labute approximate surface area is 96.2 Å². The van der Waals surface area contributed by atoms with Crippen LogP contribution in [0.2, 0.25) is 0 Å². The molecule has 1 N–H and O–H groups in total. The molecule has 0 saturated heterocycles. The third-order valence-corrected chi connectivity index (χ3v) is 2.02. The van der Waals surface area contributed by atoms with Gasteiger partial charge in [-0.3, -0.25) is 4.79 Å². The molecule has 0 atom stereocenters. The number of nitrogens with one attached hydrogen (secondary N) is 1. The maximum Gasteiger partial charge on any atom is 0.359 e. The van der Waals surface area contributed by atoms with Crippen molar-refractivity contribution >= 4 is 11.9 Å². The number of amides is 1. The molecule has 1 aromatic heterocycles. The lowest BCUT2D eigenvalue weighted by atomic mass is 10.3. The molecule has 0 spiro atoms. The van der Waals surface area contributed by atoms with Crippen LogP contribution < -0.4 is 5.32 Å². The lowest BCUT2D eigenvalue weighted by Gasteiger charge is -2.01. The normalized spacial score (nSPS) is 17.9. The Morgan fingerprint density at radius 3 is 2.69 bits per heavy atom. The summed E-state index contributed by atoms with van der Waals surface area (Å²) in [7, 11) is 0. The van der Waals surface area contributed by atoms with Gasteiger partial charge in [-0.1, -0.05) is 0 Å². The van der Waals surface area contributed by atoms with Crippen molar-refractivity contribution < 1.29 is 18.4 Å². The SMILES string of the molecule is [2H]C([2H])([2H])NC(=O)c1ccc(C(=O)OC2CC2)nn1. The molecule has 16 heavy (non-hydrogen) atoms. The number of rotatable bonds is 3. The van der Waals surface area contributed by atoms with Crippen molar-refractivity contribution in [2.45, 2.75) is 18.9 Å². The molecule has 6 nitrogen and oxygen atoms in total. The first-order valence-corrected chi connectivity index (χ1v) is 4.72. The van der Waals surface area contributed by atoms with Gasteiger partial charge in [0.05, 0.1) is 0 Å². The predicted molar refractivity (Wildman–Crippen MR) is 53.9 cm³/mol. The molecule has 1 heterocycles. The first-order valence-electron chi connectivity index (χ1n) is 6.22. The molecule has 1 aliphatic rings. The van der Waals surface area contributed by atoms with Crippen LogP contribution in [-0.2, 0) is 4.74 Å². The average Bonchev–Trinajstić information content (AvgIpc) is 3.11. The monoisotopic (exact) mass is 224 g/mol. The molecule has 6 heteroatoms. The smallest absolute Gasteiger partial charge is 0.359 e. The van der Waals surface area contributed by atoms with Crippen molar-refractivity contribution in [2.24, 2.45) is 0 Å². The number of ether oxygens (including phenoxy) is 1. The standard InChI is InChI=1S/C10H11N3O3/c1-11-9(14)7-4-5-8(13-12-7)10(15)16-6-2-3-6/h4-6H,2-3H2,1H3,(H,11,14)/i1D3. The number of carbonyl (C=O) groups is 2. The zero-order valence-corrected chi connectivity index (χ0v) is 8.27. The molecule has 0 unspecified atom stereocenters. The summed E-state index contributed by atoms with van der Waals surface area (Å²) in [6.45, 7) is -2.59. The van der Waals surface area contributed by atoms with E-state index in [9.17, 15) is 9.59 Å². The van der Waals surface area contributed by atoms with Gasteiger partial charge in [-0.2, -0.15) is 0 Å². The Balaban J connectivity index is 2.01. The summed E-state index contributed by atoms with van der Waals surface area (Å²) in [5, 5.41) is 8.81. The fourth-order valence-electron chi connectivity index (χ4n) is 1.02. The molecular formula is C10H11N3O3. The van der Waals surface area contributed by atoms with E-state index in [-0.39, 0.29) is 17.5 Å². The second-order valence-electron chi connectivity index (χ2n) is 3.36. The summed E-state index contributed by atoms with van der Waals surface area (Å²) >= 11 is 0. The van der Waals surface area contributed by atoms with Gasteiger partial charge in [0.2, 0.25) is 0 Å². The predicted octanol–water partition coefficient (Wildman–Crippen LogP) is 0.155. The van der Waals surface area contributed by atoms with Gasteiger partial charge in [-0.05, 0) is 25.0 Å². The molecule has 0 aliphatic heterocycles. The number of esters is 1. The topological polar surface area (TPSA) is 81.2 Å². The Hall–Kier alpha value is -1.98. The van der Waals surface area contributed by atoms with Crippen LogP contribution in [-0.4, -0.2) is 35.2 Å². The van der Waals surface area contributed by atoms with E-state index in [2.05, 4.69) is 10.2 Å². The first kappa shape index (κ1) is 7.32. The highest BCUT2D eigenvalue weighted by Crippen LogP contribution is 2.24. The van der Waals surface area contributed by atoms with E-state index in [0.29, 0.717) is 0 Å². The Morgan fingerprint density at radius 1 is 1.44 bits per heavy atom. The largest absolute Gasteiger partial charge is 0.458 e. The van der Waals surface area contributed by atoms with Gasteiger partial charge < -0.3 is 10.1 Å². The van der Waals surface area contributed by atoms with E-state index in [1.807, 2.05) is 0 Å². The van der Waals surface area contributed by atoms with Crippen LogP contribution in [0.25, 0.3) is 0 Å². The third-order valence-electron chi connectivity index (χ3n) is 2.02. The van der Waals surface area contributed by atoms with Gasteiger partial charge in [-0.15, -0.1) is 10.2 Å². The second-order valence-corrected chi connectivity index (χ2v) is 3.36. The molecule has 0 aromatic carbocycles. The molecule has 1 aromatic rings. The molecular weight excluding hydrogens is 210 g/mol. The van der Waals surface area contributed by atoms with E-state index in [4.69, 9.17) is 8.85 Å². The highest BCUT2D eigenvalue weighted by molar-refractivity contribution is 5.93. The average molecular weight is 224 g/mol. The van der Waals surface area contributed by atoms with Crippen molar-refractivity contribution in [1.82, 2.24) is 15.5 Å². The summed E-state index contributed by atoms with van der Waals surface area (Å²) < 4.78 is 25.7. The van der Waals surface area contributed by atoms with Crippen molar-refractivity contribution in [1.29, 1.82) is 0 Å².